The number of benzene rings is 2. The van der Waals surface area contributed by atoms with Crippen molar-refractivity contribution in [1.29, 1.82) is 0 Å². The standard InChI is InChI=1S/C21H24O3/c1-24-12-14-9-16(23)10-21-18-4-2-3-17(18)19(11-20(14)21)13-5-7-15(22)8-6-13/h5-10,17-19,22-23H,2-4,11-12H2,1H3. The van der Waals surface area contributed by atoms with Crippen LogP contribution < -0.4 is 0 Å². The number of rotatable bonds is 3. The van der Waals surface area contributed by atoms with Gasteiger partial charge in [-0.05, 0) is 83.5 Å². The summed E-state index contributed by atoms with van der Waals surface area (Å²) in [7, 11) is 1.70. The Morgan fingerprint density at radius 3 is 2.54 bits per heavy atom. The third-order valence-electron chi connectivity index (χ3n) is 5.89. The molecule has 4 rings (SSSR count). The molecular weight excluding hydrogens is 300 g/mol. The van der Waals surface area contributed by atoms with Crippen molar-refractivity contribution in [3.63, 3.8) is 0 Å². The van der Waals surface area contributed by atoms with Crippen LogP contribution in [0, 0.1) is 5.92 Å². The first-order valence-corrected chi connectivity index (χ1v) is 8.80. The molecule has 0 spiro atoms. The second-order valence-corrected chi connectivity index (χ2v) is 7.21. The second kappa shape index (κ2) is 6.14. The zero-order chi connectivity index (χ0) is 16.7. The highest BCUT2D eigenvalue weighted by Crippen LogP contribution is 2.54. The summed E-state index contributed by atoms with van der Waals surface area (Å²) in [6.45, 7) is 0.538. The molecule has 0 aromatic heterocycles. The molecule has 2 aromatic carbocycles. The van der Waals surface area contributed by atoms with Crippen molar-refractivity contribution in [1.82, 2.24) is 0 Å². The highest BCUT2D eigenvalue weighted by molar-refractivity contribution is 5.48. The SMILES string of the molecule is COCc1cc(O)cc2c1CC(c1ccc(O)cc1)C1CCCC21. The number of fused-ring (bicyclic) bond motifs is 3. The first-order chi connectivity index (χ1) is 11.7. The van der Waals surface area contributed by atoms with Gasteiger partial charge < -0.3 is 14.9 Å². The van der Waals surface area contributed by atoms with E-state index in [1.807, 2.05) is 12.1 Å². The number of methoxy groups -OCH3 is 1. The Kier molecular flexibility index (Phi) is 3.97. The molecule has 126 valence electrons. The van der Waals surface area contributed by atoms with Gasteiger partial charge in [-0.1, -0.05) is 18.6 Å². The summed E-state index contributed by atoms with van der Waals surface area (Å²) < 4.78 is 5.37. The zero-order valence-corrected chi connectivity index (χ0v) is 14.0. The number of phenolic OH excluding ortho intramolecular Hbond substituents is 2. The van der Waals surface area contributed by atoms with Crippen LogP contribution in [0.1, 0.15) is 53.4 Å². The van der Waals surface area contributed by atoms with Crippen molar-refractivity contribution in [3.05, 3.63) is 58.7 Å². The lowest BCUT2D eigenvalue weighted by molar-refractivity contribution is 0.183. The Labute approximate surface area is 142 Å². The van der Waals surface area contributed by atoms with Crippen LogP contribution in [0.15, 0.2) is 36.4 Å². The molecule has 2 aromatic rings. The normalized spacial score (nSPS) is 25.3. The molecule has 0 amide bonds. The van der Waals surface area contributed by atoms with Gasteiger partial charge in [-0.2, -0.15) is 0 Å². The topological polar surface area (TPSA) is 49.7 Å². The van der Waals surface area contributed by atoms with Gasteiger partial charge in [0.2, 0.25) is 0 Å². The van der Waals surface area contributed by atoms with E-state index >= 15 is 0 Å². The van der Waals surface area contributed by atoms with Crippen LogP contribution in [0.2, 0.25) is 0 Å². The molecule has 0 radical (unpaired) electrons. The van der Waals surface area contributed by atoms with Crippen molar-refractivity contribution in [2.24, 2.45) is 5.92 Å². The molecule has 2 aliphatic rings. The third kappa shape index (κ3) is 2.57. The van der Waals surface area contributed by atoms with Gasteiger partial charge in [-0.15, -0.1) is 0 Å². The second-order valence-electron chi connectivity index (χ2n) is 7.21. The monoisotopic (exact) mass is 324 g/mol. The molecule has 0 saturated heterocycles. The fourth-order valence-electron chi connectivity index (χ4n) is 4.92. The van der Waals surface area contributed by atoms with E-state index in [0.29, 0.717) is 35.9 Å². The summed E-state index contributed by atoms with van der Waals surface area (Å²) in [5, 5.41) is 19.7. The number of aromatic hydroxyl groups is 2. The van der Waals surface area contributed by atoms with Crippen molar-refractivity contribution in [2.75, 3.05) is 7.11 Å². The molecular formula is C21H24O3. The van der Waals surface area contributed by atoms with E-state index in [9.17, 15) is 10.2 Å². The number of phenols is 2. The van der Waals surface area contributed by atoms with E-state index in [1.54, 1.807) is 19.2 Å². The lowest BCUT2D eigenvalue weighted by Gasteiger charge is -2.37. The predicted octanol–water partition coefficient (Wildman–Crippen LogP) is 4.47. The van der Waals surface area contributed by atoms with Crippen molar-refractivity contribution < 1.29 is 14.9 Å². The maximum Gasteiger partial charge on any atom is 0.116 e. The molecule has 2 N–H and O–H groups in total. The molecule has 3 unspecified atom stereocenters. The average molecular weight is 324 g/mol. The van der Waals surface area contributed by atoms with Crippen LogP contribution in [0.4, 0.5) is 0 Å². The minimum Gasteiger partial charge on any atom is -0.508 e. The van der Waals surface area contributed by atoms with E-state index in [-0.39, 0.29) is 0 Å². The van der Waals surface area contributed by atoms with E-state index in [2.05, 4.69) is 12.1 Å². The van der Waals surface area contributed by atoms with Gasteiger partial charge in [0.15, 0.2) is 0 Å². The van der Waals surface area contributed by atoms with E-state index in [1.165, 1.54) is 36.0 Å². The maximum absolute atomic E-state index is 10.1. The molecule has 3 atom stereocenters. The van der Waals surface area contributed by atoms with Crippen LogP contribution in [0.3, 0.4) is 0 Å². The Hall–Kier alpha value is -2.00. The van der Waals surface area contributed by atoms with Crippen LogP contribution in [0.25, 0.3) is 0 Å². The maximum atomic E-state index is 10.1. The molecule has 0 heterocycles. The summed E-state index contributed by atoms with van der Waals surface area (Å²) in [6.07, 6.45) is 4.67. The molecule has 24 heavy (non-hydrogen) atoms. The largest absolute Gasteiger partial charge is 0.508 e. The molecule has 0 bridgehead atoms. The van der Waals surface area contributed by atoms with Crippen LogP contribution in [0.5, 0.6) is 11.5 Å². The van der Waals surface area contributed by atoms with Crippen molar-refractivity contribution in [3.8, 4) is 11.5 Å². The van der Waals surface area contributed by atoms with E-state index < -0.39 is 0 Å². The first kappa shape index (κ1) is 15.5. The number of ether oxygens (including phenoxy) is 1. The van der Waals surface area contributed by atoms with Crippen molar-refractivity contribution >= 4 is 0 Å². The van der Waals surface area contributed by atoms with Gasteiger partial charge >= 0.3 is 0 Å². The quantitative estimate of drug-likeness (QED) is 0.876. The molecule has 1 fully saturated rings. The molecule has 2 aliphatic carbocycles. The van der Waals surface area contributed by atoms with Crippen LogP contribution in [-0.2, 0) is 17.8 Å². The van der Waals surface area contributed by atoms with E-state index in [4.69, 9.17) is 4.74 Å². The minimum atomic E-state index is 0.322. The summed E-state index contributed by atoms with van der Waals surface area (Å²) in [5.41, 5.74) is 5.11. The average Bonchev–Trinajstić information content (AvgIpc) is 3.05. The third-order valence-corrected chi connectivity index (χ3v) is 5.89. The fourth-order valence-corrected chi connectivity index (χ4v) is 4.92. The minimum absolute atomic E-state index is 0.322. The van der Waals surface area contributed by atoms with Gasteiger partial charge in [-0.3, -0.25) is 0 Å². The van der Waals surface area contributed by atoms with E-state index in [0.717, 1.165) is 12.0 Å². The van der Waals surface area contributed by atoms with Crippen LogP contribution in [-0.4, -0.2) is 17.3 Å². The summed E-state index contributed by atoms with van der Waals surface area (Å²) in [6, 6.07) is 11.5. The smallest absolute Gasteiger partial charge is 0.116 e. The summed E-state index contributed by atoms with van der Waals surface area (Å²) >= 11 is 0. The van der Waals surface area contributed by atoms with Crippen LogP contribution >= 0.6 is 0 Å². The highest BCUT2D eigenvalue weighted by Gasteiger charge is 2.41. The lowest BCUT2D eigenvalue weighted by Crippen LogP contribution is -2.26. The summed E-state index contributed by atoms with van der Waals surface area (Å²) in [4.78, 5) is 0. The predicted molar refractivity (Wildman–Crippen MR) is 93.5 cm³/mol. The van der Waals surface area contributed by atoms with Gasteiger partial charge in [0, 0.05) is 7.11 Å². The lowest BCUT2D eigenvalue weighted by atomic mass is 9.67. The Bertz CT molecular complexity index is 735. The van der Waals surface area contributed by atoms with Gasteiger partial charge in [0.1, 0.15) is 11.5 Å². The fraction of sp³-hybridized carbons (Fsp3) is 0.429. The first-order valence-electron chi connectivity index (χ1n) is 8.80. The van der Waals surface area contributed by atoms with Gasteiger partial charge in [-0.25, -0.2) is 0 Å². The molecule has 1 saturated carbocycles. The Balaban J connectivity index is 1.80. The number of hydrogen-bond donors (Lipinski definition) is 2. The molecule has 3 nitrogen and oxygen atoms in total. The molecule has 3 heteroatoms. The Morgan fingerprint density at radius 1 is 1.00 bits per heavy atom. The molecule has 0 aliphatic heterocycles. The zero-order valence-electron chi connectivity index (χ0n) is 14.0. The van der Waals surface area contributed by atoms with Gasteiger partial charge in [0.25, 0.3) is 0 Å². The van der Waals surface area contributed by atoms with Gasteiger partial charge in [0.05, 0.1) is 6.61 Å². The number of hydrogen-bond acceptors (Lipinski definition) is 3. The highest BCUT2D eigenvalue weighted by atomic mass is 16.5. The summed E-state index contributed by atoms with van der Waals surface area (Å²) in [5.74, 6) is 2.30. The van der Waals surface area contributed by atoms with Crippen molar-refractivity contribution in [2.45, 2.75) is 44.1 Å². The Morgan fingerprint density at radius 2 is 1.79 bits per heavy atom.